The molecule has 8 heteroatoms. The zero-order chi connectivity index (χ0) is 21.4. The highest BCUT2D eigenvalue weighted by Gasteiger charge is 2.28. The van der Waals surface area contributed by atoms with Crippen LogP contribution in [0, 0.1) is 0 Å². The first-order valence-electron chi connectivity index (χ1n) is 11.3. The Morgan fingerprint density at radius 2 is 2.23 bits per heavy atom. The lowest BCUT2D eigenvalue weighted by Crippen LogP contribution is -2.40. The largest absolute Gasteiger partial charge is 0.338 e. The maximum atomic E-state index is 13.3. The molecular formula is C23H29N5O2S. The monoisotopic (exact) mass is 439 g/mol. The van der Waals surface area contributed by atoms with Gasteiger partial charge in [0, 0.05) is 36.9 Å². The number of hydrogen-bond donors (Lipinski definition) is 1. The van der Waals surface area contributed by atoms with E-state index < -0.39 is 0 Å². The molecule has 31 heavy (non-hydrogen) atoms. The van der Waals surface area contributed by atoms with Gasteiger partial charge in [-0.2, -0.15) is 0 Å². The number of nitrogens with one attached hydrogen (secondary N) is 1. The number of thiophene rings is 1. The van der Waals surface area contributed by atoms with Crippen LogP contribution in [0.2, 0.25) is 0 Å². The van der Waals surface area contributed by atoms with Gasteiger partial charge in [0.05, 0.1) is 29.5 Å². The molecule has 1 fully saturated rings. The number of carbonyl (C=O) groups excluding carboxylic acids is 1. The molecule has 3 aromatic rings. The summed E-state index contributed by atoms with van der Waals surface area (Å²) >= 11 is 1.79. The topological polar surface area (TPSA) is 73.7 Å². The van der Waals surface area contributed by atoms with E-state index in [0.717, 1.165) is 37.3 Å². The van der Waals surface area contributed by atoms with Gasteiger partial charge in [0.1, 0.15) is 0 Å². The van der Waals surface area contributed by atoms with Crippen molar-refractivity contribution < 1.29 is 4.79 Å². The van der Waals surface area contributed by atoms with E-state index >= 15 is 0 Å². The second-order valence-corrected chi connectivity index (χ2v) is 9.66. The fourth-order valence-electron chi connectivity index (χ4n) is 4.89. The van der Waals surface area contributed by atoms with E-state index in [4.69, 9.17) is 4.98 Å². The lowest BCUT2D eigenvalue weighted by molar-refractivity contribution is -0.132. The summed E-state index contributed by atoms with van der Waals surface area (Å²) in [5, 5.41) is 5.49. The summed E-state index contributed by atoms with van der Waals surface area (Å²) in [7, 11) is 0. The smallest absolute Gasteiger partial charge is 0.277 e. The molecule has 0 bridgehead atoms. The predicted molar refractivity (Wildman–Crippen MR) is 121 cm³/mol. The molecule has 0 aromatic carbocycles. The number of carbonyl (C=O) groups is 1. The summed E-state index contributed by atoms with van der Waals surface area (Å²) < 4.78 is 1.58. The number of aromatic nitrogens is 3. The molecule has 5 heterocycles. The number of aromatic amines is 1. The molecule has 0 unspecified atom stereocenters. The summed E-state index contributed by atoms with van der Waals surface area (Å²) in [4.78, 5) is 36.1. The zero-order valence-corrected chi connectivity index (χ0v) is 18.8. The van der Waals surface area contributed by atoms with Crippen molar-refractivity contribution in [2.75, 3.05) is 13.1 Å². The van der Waals surface area contributed by atoms with Gasteiger partial charge in [-0.15, -0.1) is 11.3 Å². The molecule has 1 N–H and O–H groups in total. The second kappa shape index (κ2) is 8.59. The molecule has 164 valence electrons. The molecule has 2 aliphatic heterocycles. The summed E-state index contributed by atoms with van der Waals surface area (Å²) in [5.41, 5.74) is 3.17. The van der Waals surface area contributed by atoms with Crippen molar-refractivity contribution in [1.29, 1.82) is 0 Å². The van der Waals surface area contributed by atoms with Gasteiger partial charge in [0.15, 0.2) is 5.65 Å². The van der Waals surface area contributed by atoms with Crippen molar-refractivity contribution in [1.82, 2.24) is 24.4 Å². The standard InChI is InChI=1S/C23H29N5O2S/c1-2-6-22(29)27-11-9-18-17(15-27)23(30)28-21(24-18)13-19(25-28)20-8-3-4-10-26(20)14-16-7-5-12-31-16/h5,7,12-13,20,25H,2-4,6,8-11,14-15H2,1H3/t20-/m1/s1. The van der Waals surface area contributed by atoms with Crippen molar-refractivity contribution in [3.8, 4) is 0 Å². The van der Waals surface area contributed by atoms with Gasteiger partial charge in [-0.1, -0.05) is 19.4 Å². The fraction of sp³-hybridized carbons (Fsp3) is 0.522. The number of likely N-dealkylation sites (tertiary alicyclic amines) is 1. The van der Waals surface area contributed by atoms with E-state index in [0.29, 0.717) is 37.1 Å². The van der Waals surface area contributed by atoms with Gasteiger partial charge < -0.3 is 4.90 Å². The summed E-state index contributed by atoms with van der Waals surface area (Å²) in [6, 6.07) is 6.60. The maximum Gasteiger partial charge on any atom is 0.277 e. The van der Waals surface area contributed by atoms with Crippen LogP contribution < -0.4 is 5.56 Å². The molecule has 5 rings (SSSR count). The third-order valence-corrected chi connectivity index (χ3v) is 7.37. The van der Waals surface area contributed by atoms with Crippen LogP contribution in [0.3, 0.4) is 0 Å². The van der Waals surface area contributed by atoms with Crippen molar-refractivity contribution in [3.05, 3.63) is 55.8 Å². The second-order valence-electron chi connectivity index (χ2n) is 8.62. The number of rotatable bonds is 5. The van der Waals surface area contributed by atoms with Crippen molar-refractivity contribution in [2.45, 2.75) is 64.6 Å². The minimum atomic E-state index is -0.0686. The summed E-state index contributed by atoms with van der Waals surface area (Å²) in [6.07, 6.45) is 5.46. The van der Waals surface area contributed by atoms with Crippen LogP contribution in [-0.2, 0) is 24.3 Å². The van der Waals surface area contributed by atoms with Crippen LogP contribution in [0.25, 0.3) is 5.65 Å². The lowest BCUT2D eigenvalue weighted by atomic mass is 9.99. The molecule has 0 spiro atoms. The van der Waals surface area contributed by atoms with Crippen LogP contribution in [0.5, 0.6) is 0 Å². The highest BCUT2D eigenvalue weighted by Crippen LogP contribution is 2.32. The SMILES string of the molecule is CCCC(=O)N1CCc2nc3cc([C@H]4CCCCN4Cc4cccs4)[nH]n3c(=O)c2C1. The Morgan fingerprint density at radius 3 is 3.03 bits per heavy atom. The van der Waals surface area contributed by atoms with Crippen molar-refractivity contribution >= 4 is 22.9 Å². The maximum absolute atomic E-state index is 13.3. The van der Waals surface area contributed by atoms with Crippen LogP contribution in [-0.4, -0.2) is 43.4 Å². The first-order chi connectivity index (χ1) is 15.1. The van der Waals surface area contributed by atoms with E-state index in [1.165, 1.54) is 17.7 Å². The van der Waals surface area contributed by atoms with Crippen LogP contribution in [0.1, 0.15) is 66.9 Å². The molecule has 3 aromatic heterocycles. The normalized spacial score (nSPS) is 19.6. The Morgan fingerprint density at radius 1 is 1.32 bits per heavy atom. The number of fused-ring (bicyclic) bond motifs is 2. The molecule has 0 saturated carbocycles. The average Bonchev–Trinajstić information content (AvgIpc) is 3.44. The number of hydrogen-bond acceptors (Lipinski definition) is 5. The Labute approximate surface area is 185 Å². The number of piperidine rings is 1. The summed E-state index contributed by atoms with van der Waals surface area (Å²) in [6.45, 7) is 5.01. The highest BCUT2D eigenvalue weighted by molar-refractivity contribution is 7.09. The Bertz CT molecular complexity index is 1130. The molecule has 7 nitrogen and oxygen atoms in total. The van der Waals surface area contributed by atoms with Crippen molar-refractivity contribution in [3.63, 3.8) is 0 Å². The molecule has 2 aliphatic rings. The summed E-state index contributed by atoms with van der Waals surface area (Å²) in [5.74, 6) is 0.122. The lowest BCUT2D eigenvalue weighted by Gasteiger charge is -2.34. The Balaban J connectivity index is 1.46. The van der Waals surface area contributed by atoms with E-state index in [-0.39, 0.29) is 17.5 Å². The van der Waals surface area contributed by atoms with Crippen LogP contribution in [0.4, 0.5) is 0 Å². The van der Waals surface area contributed by atoms with Gasteiger partial charge >= 0.3 is 0 Å². The van der Waals surface area contributed by atoms with E-state index in [1.807, 2.05) is 13.0 Å². The quantitative estimate of drug-likeness (QED) is 0.660. The fourth-order valence-corrected chi connectivity index (χ4v) is 5.62. The minimum Gasteiger partial charge on any atom is -0.338 e. The first-order valence-corrected chi connectivity index (χ1v) is 12.2. The Kier molecular flexibility index (Phi) is 5.67. The van der Waals surface area contributed by atoms with Gasteiger partial charge in [-0.25, -0.2) is 9.50 Å². The van der Waals surface area contributed by atoms with Crippen LogP contribution >= 0.6 is 11.3 Å². The van der Waals surface area contributed by atoms with Gasteiger partial charge in [-0.3, -0.25) is 19.6 Å². The third-order valence-electron chi connectivity index (χ3n) is 6.51. The van der Waals surface area contributed by atoms with E-state index in [2.05, 4.69) is 27.5 Å². The number of nitrogens with zero attached hydrogens (tertiary/aromatic N) is 4. The molecule has 1 atom stereocenters. The number of H-pyrrole nitrogens is 1. The van der Waals surface area contributed by atoms with Gasteiger partial charge in [-0.05, 0) is 37.3 Å². The zero-order valence-electron chi connectivity index (χ0n) is 18.0. The molecule has 0 radical (unpaired) electrons. The highest BCUT2D eigenvalue weighted by atomic mass is 32.1. The number of amides is 1. The molecule has 0 aliphatic carbocycles. The molecule has 1 saturated heterocycles. The van der Waals surface area contributed by atoms with E-state index in [1.54, 1.807) is 20.8 Å². The third kappa shape index (κ3) is 3.94. The van der Waals surface area contributed by atoms with Crippen LogP contribution in [0.15, 0.2) is 28.4 Å². The first kappa shape index (κ1) is 20.5. The van der Waals surface area contributed by atoms with Gasteiger partial charge in [0.2, 0.25) is 5.91 Å². The molecular weight excluding hydrogens is 410 g/mol. The average molecular weight is 440 g/mol. The predicted octanol–water partition coefficient (Wildman–Crippen LogP) is 3.50. The van der Waals surface area contributed by atoms with E-state index in [9.17, 15) is 9.59 Å². The van der Waals surface area contributed by atoms with Gasteiger partial charge in [0.25, 0.3) is 5.56 Å². The Hall–Kier alpha value is -2.45. The molecule has 1 amide bonds. The minimum absolute atomic E-state index is 0.0686. The van der Waals surface area contributed by atoms with Crippen molar-refractivity contribution in [2.24, 2.45) is 0 Å².